The number of ether oxygens (including phenoxy) is 1. The number of thiophene rings is 1. The summed E-state index contributed by atoms with van der Waals surface area (Å²) in [4.78, 5) is 11.9. The molecular formula is C14H11ClN2O4S3. The highest BCUT2D eigenvalue weighted by molar-refractivity contribution is 7.92. The van der Waals surface area contributed by atoms with Crippen LogP contribution in [0.4, 0.5) is 0 Å². The highest BCUT2D eigenvalue weighted by Gasteiger charge is 2.17. The maximum absolute atomic E-state index is 12.4. The third kappa shape index (κ3) is 3.39. The van der Waals surface area contributed by atoms with Gasteiger partial charge in [0.1, 0.15) is 10.8 Å². The number of carbonyl (C=O) groups is 1. The van der Waals surface area contributed by atoms with E-state index in [-0.39, 0.29) is 15.6 Å². The first-order valence-corrected chi connectivity index (χ1v) is 10.1. The molecule has 0 saturated heterocycles. The molecule has 0 spiro atoms. The van der Waals surface area contributed by atoms with Crippen molar-refractivity contribution in [1.29, 1.82) is 0 Å². The molecule has 24 heavy (non-hydrogen) atoms. The first kappa shape index (κ1) is 17.2. The van der Waals surface area contributed by atoms with Crippen LogP contribution in [0.15, 0.2) is 44.3 Å². The van der Waals surface area contributed by atoms with E-state index in [1.165, 1.54) is 17.7 Å². The van der Waals surface area contributed by atoms with Crippen LogP contribution in [-0.2, 0) is 26.1 Å². The van der Waals surface area contributed by atoms with Crippen LogP contribution < -0.4 is 4.80 Å². The summed E-state index contributed by atoms with van der Waals surface area (Å²) in [6, 6.07) is 8.21. The fraction of sp³-hybridized carbons (Fsp3) is 0.143. The van der Waals surface area contributed by atoms with E-state index in [4.69, 9.17) is 11.6 Å². The van der Waals surface area contributed by atoms with Gasteiger partial charge in [-0.3, -0.25) is 4.79 Å². The van der Waals surface area contributed by atoms with Crippen LogP contribution >= 0.6 is 34.3 Å². The summed E-state index contributed by atoms with van der Waals surface area (Å²) in [5.74, 6) is -0.500. The molecule has 2 aromatic heterocycles. The predicted molar refractivity (Wildman–Crippen MR) is 93.9 cm³/mol. The van der Waals surface area contributed by atoms with Crippen LogP contribution in [0.25, 0.3) is 10.2 Å². The topological polar surface area (TPSA) is 77.7 Å². The molecule has 0 atom stereocenters. The summed E-state index contributed by atoms with van der Waals surface area (Å²) in [5.41, 5.74) is 0.662. The van der Waals surface area contributed by atoms with Crippen molar-refractivity contribution in [3.8, 4) is 0 Å². The van der Waals surface area contributed by atoms with Crippen molar-refractivity contribution in [2.24, 2.45) is 4.40 Å². The smallest absolute Gasteiger partial charge is 0.325 e. The fourth-order valence-corrected chi connectivity index (χ4v) is 5.50. The molecule has 0 radical (unpaired) electrons. The van der Waals surface area contributed by atoms with Crippen molar-refractivity contribution < 1.29 is 17.9 Å². The van der Waals surface area contributed by atoms with E-state index in [1.54, 1.807) is 29.6 Å². The van der Waals surface area contributed by atoms with Gasteiger partial charge in [-0.1, -0.05) is 29.0 Å². The maximum atomic E-state index is 12.4. The van der Waals surface area contributed by atoms with Crippen LogP contribution in [0, 0.1) is 0 Å². The van der Waals surface area contributed by atoms with Crippen LogP contribution in [0.1, 0.15) is 0 Å². The van der Waals surface area contributed by atoms with E-state index >= 15 is 0 Å². The number of nitrogens with zero attached hydrogens (tertiary/aromatic N) is 2. The van der Waals surface area contributed by atoms with Gasteiger partial charge in [0, 0.05) is 5.02 Å². The lowest BCUT2D eigenvalue weighted by molar-refractivity contribution is -0.141. The molecule has 126 valence electrons. The monoisotopic (exact) mass is 402 g/mol. The van der Waals surface area contributed by atoms with E-state index in [9.17, 15) is 13.2 Å². The Bertz CT molecular complexity index is 1070. The van der Waals surface area contributed by atoms with Crippen molar-refractivity contribution in [1.82, 2.24) is 4.57 Å². The summed E-state index contributed by atoms with van der Waals surface area (Å²) in [5, 5.41) is 2.18. The van der Waals surface area contributed by atoms with Crippen molar-refractivity contribution in [2.45, 2.75) is 10.8 Å². The molecule has 3 aromatic rings. The zero-order valence-electron chi connectivity index (χ0n) is 12.3. The molecule has 0 aliphatic heterocycles. The molecule has 2 heterocycles. The molecule has 0 N–H and O–H groups in total. The largest absolute Gasteiger partial charge is 0.468 e. The summed E-state index contributed by atoms with van der Waals surface area (Å²) < 4.78 is 35.8. The van der Waals surface area contributed by atoms with E-state index in [1.807, 2.05) is 0 Å². The number of aromatic nitrogens is 1. The molecule has 0 aliphatic rings. The Labute approximate surface area is 150 Å². The molecule has 0 aliphatic carbocycles. The average Bonchev–Trinajstić information content (AvgIpc) is 3.16. The average molecular weight is 403 g/mol. The number of benzene rings is 1. The van der Waals surface area contributed by atoms with Crippen LogP contribution in [0.3, 0.4) is 0 Å². The van der Waals surface area contributed by atoms with Crippen molar-refractivity contribution >= 4 is 60.5 Å². The molecule has 0 fully saturated rings. The van der Waals surface area contributed by atoms with Crippen LogP contribution in [-0.4, -0.2) is 26.1 Å². The molecular weight excluding hydrogens is 392 g/mol. The quantitative estimate of drug-likeness (QED) is 0.628. The van der Waals surface area contributed by atoms with Crippen molar-refractivity contribution in [2.75, 3.05) is 7.11 Å². The number of sulfonamides is 1. The first-order valence-electron chi connectivity index (χ1n) is 6.61. The molecule has 0 unspecified atom stereocenters. The Hall–Kier alpha value is -1.68. The molecule has 0 bridgehead atoms. The zero-order valence-corrected chi connectivity index (χ0v) is 15.5. The van der Waals surface area contributed by atoms with Gasteiger partial charge >= 0.3 is 5.97 Å². The minimum Gasteiger partial charge on any atom is -0.468 e. The number of hydrogen-bond acceptors (Lipinski definition) is 6. The van der Waals surface area contributed by atoms with Gasteiger partial charge in [0.15, 0.2) is 0 Å². The van der Waals surface area contributed by atoms with Crippen LogP contribution in [0.5, 0.6) is 0 Å². The summed E-state index contributed by atoms with van der Waals surface area (Å²) in [6.07, 6.45) is 0. The first-order chi connectivity index (χ1) is 11.4. The lowest BCUT2D eigenvalue weighted by atomic mass is 10.3. The standard InChI is InChI=1S/C14H11ClN2O4S3/c1-21-12(18)8-17-10-5-4-9(15)7-11(10)23-14(17)16-24(19,20)13-3-2-6-22-13/h2-7H,8H2,1H3. The van der Waals surface area contributed by atoms with Gasteiger partial charge in [0.25, 0.3) is 10.0 Å². The third-order valence-corrected chi connectivity index (χ3v) is 7.14. The van der Waals surface area contributed by atoms with E-state index in [0.717, 1.165) is 27.4 Å². The molecule has 0 amide bonds. The maximum Gasteiger partial charge on any atom is 0.325 e. The third-order valence-electron chi connectivity index (χ3n) is 3.11. The normalized spacial score (nSPS) is 12.7. The van der Waals surface area contributed by atoms with E-state index in [0.29, 0.717) is 10.5 Å². The van der Waals surface area contributed by atoms with Crippen molar-refractivity contribution in [3.05, 3.63) is 45.5 Å². The summed E-state index contributed by atoms with van der Waals surface area (Å²) in [7, 11) is -2.57. The molecule has 10 heteroatoms. The molecule has 0 saturated carbocycles. The second kappa shape index (κ2) is 6.67. The van der Waals surface area contributed by atoms with Gasteiger partial charge in [0.2, 0.25) is 4.80 Å². The second-order valence-corrected chi connectivity index (χ2v) is 8.88. The lowest BCUT2D eigenvalue weighted by Gasteiger charge is -2.03. The highest BCUT2D eigenvalue weighted by atomic mass is 35.5. The Morgan fingerprint density at radius 3 is 2.83 bits per heavy atom. The number of hydrogen-bond donors (Lipinski definition) is 0. The van der Waals surface area contributed by atoms with Gasteiger partial charge in [-0.2, -0.15) is 8.42 Å². The summed E-state index contributed by atoms with van der Waals surface area (Å²) in [6.45, 7) is -0.142. The minimum absolute atomic E-state index is 0.141. The van der Waals surface area contributed by atoms with Gasteiger partial charge in [-0.05, 0) is 29.6 Å². The lowest BCUT2D eigenvalue weighted by Crippen LogP contribution is -2.22. The van der Waals surface area contributed by atoms with Gasteiger partial charge in [-0.15, -0.1) is 15.7 Å². The Morgan fingerprint density at radius 2 is 2.17 bits per heavy atom. The number of esters is 1. The van der Waals surface area contributed by atoms with Gasteiger partial charge in [-0.25, -0.2) is 0 Å². The molecule has 6 nitrogen and oxygen atoms in total. The van der Waals surface area contributed by atoms with E-state index in [2.05, 4.69) is 9.13 Å². The van der Waals surface area contributed by atoms with E-state index < -0.39 is 16.0 Å². The Kier molecular flexibility index (Phi) is 4.77. The highest BCUT2D eigenvalue weighted by Crippen LogP contribution is 2.23. The van der Waals surface area contributed by atoms with Crippen LogP contribution in [0.2, 0.25) is 5.02 Å². The number of fused-ring (bicyclic) bond motifs is 1. The second-order valence-electron chi connectivity index (χ2n) is 4.66. The minimum atomic E-state index is -3.84. The van der Waals surface area contributed by atoms with Crippen molar-refractivity contribution in [3.63, 3.8) is 0 Å². The molecule has 1 aromatic carbocycles. The Morgan fingerprint density at radius 1 is 1.38 bits per heavy atom. The summed E-state index contributed by atoms with van der Waals surface area (Å²) >= 11 is 8.21. The van der Waals surface area contributed by atoms with Gasteiger partial charge < -0.3 is 9.30 Å². The number of carbonyl (C=O) groups excluding carboxylic acids is 1. The molecule has 3 rings (SSSR count). The number of rotatable bonds is 4. The Balaban J connectivity index is 2.24. The zero-order chi connectivity index (χ0) is 17.3. The SMILES string of the molecule is COC(=O)Cn1c(=NS(=O)(=O)c2cccs2)sc2cc(Cl)ccc21. The fourth-order valence-electron chi connectivity index (χ4n) is 2.02. The number of halogens is 1. The number of thiazole rings is 1. The van der Waals surface area contributed by atoms with Gasteiger partial charge in [0.05, 0.1) is 17.3 Å². The predicted octanol–water partition coefficient (Wildman–Crippen LogP) is 2.88. The number of methoxy groups -OCH3 is 1.